The summed E-state index contributed by atoms with van der Waals surface area (Å²) in [6.07, 6.45) is 1.76. The summed E-state index contributed by atoms with van der Waals surface area (Å²) in [6.45, 7) is 9.26. The lowest BCUT2D eigenvalue weighted by Crippen LogP contribution is -2.15. The van der Waals surface area contributed by atoms with Crippen LogP contribution in [0.15, 0.2) is 18.3 Å². The number of hydrogen-bond acceptors (Lipinski definition) is 3. The van der Waals surface area contributed by atoms with E-state index in [1.54, 1.807) is 6.20 Å². The molecule has 16 heavy (non-hydrogen) atoms. The van der Waals surface area contributed by atoms with Crippen molar-refractivity contribution in [2.75, 3.05) is 11.9 Å². The molecule has 0 radical (unpaired) electrons. The first kappa shape index (κ1) is 12.7. The summed E-state index contributed by atoms with van der Waals surface area (Å²) < 4.78 is 0. The van der Waals surface area contributed by atoms with Crippen LogP contribution in [0.1, 0.15) is 33.3 Å². The Hall–Kier alpha value is -1.38. The number of pyridine rings is 1. The van der Waals surface area contributed by atoms with Crippen molar-refractivity contribution >= 4 is 11.5 Å². The molecule has 0 unspecified atom stereocenters. The van der Waals surface area contributed by atoms with Crippen molar-refractivity contribution in [3.05, 3.63) is 23.9 Å². The van der Waals surface area contributed by atoms with Crippen LogP contribution in [0.3, 0.4) is 0 Å². The van der Waals surface area contributed by atoms with Crippen LogP contribution in [0.5, 0.6) is 0 Å². The van der Waals surface area contributed by atoms with Crippen LogP contribution < -0.4 is 5.32 Å². The van der Waals surface area contributed by atoms with Crippen LogP contribution in [0.25, 0.3) is 0 Å². The van der Waals surface area contributed by atoms with E-state index in [0.717, 1.165) is 17.9 Å². The van der Waals surface area contributed by atoms with Gasteiger partial charge in [0, 0.05) is 24.0 Å². The lowest BCUT2D eigenvalue weighted by atomic mass is 10.0. The number of anilines is 1. The molecule has 0 atom stereocenters. The van der Waals surface area contributed by atoms with Crippen molar-refractivity contribution in [3.63, 3.8) is 0 Å². The van der Waals surface area contributed by atoms with Gasteiger partial charge in [-0.05, 0) is 24.0 Å². The smallest absolute Gasteiger partial charge is 0.135 e. The van der Waals surface area contributed by atoms with Gasteiger partial charge in [0.05, 0.1) is 0 Å². The van der Waals surface area contributed by atoms with Gasteiger partial charge in [-0.1, -0.05) is 27.7 Å². The van der Waals surface area contributed by atoms with E-state index in [9.17, 15) is 0 Å². The number of aromatic nitrogens is 1. The highest BCUT2D eigenvalue weighted by atomic mass is 15.0. The molecule has 1 aromatic rings. The summed E-state index contributed by atoms with van der Waals surface area (Å²) in [6, 6.07) is 3.84. The van der Waals surface area contributed by atoms with Crippen LogP contribution in [-0.2, 0) is 0 Å². The molecule has 0 aliphatic carbocycles. The summed E-state index contributed by atoms with van der Waals surface area (Å²) >= 11 is 0. The summed E-state index contributed by atoms with van der Waals surface area (Å²) in [5.74, 6) is 1.63. The van der Waals surface area contributed by atoms with Crippen LogP contribution in [0, 0.1) is 17.2 Å². The molecule has 88 valence electrons. The van der Waals surface area contributed by atoms with E-state index >= 15 is 0 Å². The lowest BCUT2D eigenvalue weighted by molar-refractivity contribution is 0.687. The van der Waals surface area contributed by atoms with E-state index in [4.69, 9.17) is 5.41 Å². The van der Waals surface area contributed by atoms with Gasteiger partial charge in [0.1, 0.15) is 5.82 Å². The molecule has 3 heteroatoms. The van der Waals surface area contributed by atoms with Crippen molar-refractivity contribution in [1.82, 2.24) is 4.98 Å². The standard InChI is InChI=1S/C13H21N3/c1-9(2)8-16-13-11(6-5-7-15-13)12(14)10(3)4/h5-7,9-10,14H,8H2,1-4H3,(H,15,16). The molecule has 0 saturated heterocycles. The van der Waals surface area contributed by atoms with Gasteiger partial charge < -0.3 is 10.7 Å². The average molecular weight is 219 g/mol. The van der Waals surface area contributed by atoms with Gasteiger partial charge in [0.2, 0.25) is 0 Å². The Morgan fingerprint density at radius 1 is 1.38 bits per heavy atom. The fourth-order valence-corrected chi connectivity index (χ4v) is 1.38. The Morgan fingerprint density at radius 3 is 2.62 bits per heavy atom. The molecule has 0 fully saturated rings. The van der Waals surface area contributed by atoms with Gasteiger partial charge in [0.15, 0.2) is 0 Å². The largest absolute Gasteiger partial charge is 0.369 e. The third kappa shape index (κ3) is 3.33. The minimum absolute atomic E-state index is 0.226. The summed E-state index contributed by atoms with van der Waals surface area (Å²) in [4.78, 5) is 4.30. The maximum Gasteiger partial charge on any atom is 0.135 e. The molecular weight excluding hydrogens is 198 g/mol. The van der Waals surface area contributed by atoms with E-state index in [2.05, 4.69) is 24.1 Å². The predicted octanol–water partition coefficient (Wildman–Crippen LogP) is 3.17. The number of hydrogen-bond donors (Lipinski definition) is 2. The maximum absolute atomic E-state index is 8.03. The third-order valence-corrected chi connectivity index (χ3v) is 2.35. The van der Waals surface area contributed by atoms with Gasteiger partial charge in [-0.2, -0.15) is 0 Å². The Morgan fingerprint density at radius 2 is 2.06 bits per heavy atom. The SMILES string of the molecule is CC(C)CNc1ncccc1C(=N)C(C)C. The fraction of sp³-hybridized carbons (Fsp3) is 0.538. The highest BCUT2D eigenvalue weighted by Crippen LogP contribution is 2.16. The Labute approximate surface area is 97.8 Å². The average Bonchev–Trinajstić information content (AvgIpc) is 2.25. The normalized spacial score (nSPS) is 10.9. The minimum atomic E-state index is 0.226. The van der Waals surface area contributed by atoms with Crippen LogP contribution in [0.2, 0.25) is 0 Å². The first-order chi connectivity index (χ1) is 7.52. The van der Waals surface area contributed by atoms with Crippen LogP contribution >= 0.6 is 0 Å². The van der Waals surface area contributed by atoms with E-state index < -0.39 is 0 Å². The predicted molar refractivity (Wildman–Crippen MR) is 69.2 cm³/mol. The highest BCUT2D eigenvalue weighted by molar-refractivity contribution is 6.03. The van der Waals surface area contributed by atoms with Gasteiger partial charge in [-0.25, -0.2) is 4.98 Å². The molecule has 2 N–H and O–H groups in total. The second-order valence-electron chi connectivity index (χ2n) is 4.74. The van der Waals surface area contributed by atoms with E-state index in [-0.39, 0.29) is 5.92 Å². The zero-order valence-electron chi connectivity index (χ0n) is 10.5. The summed E-state index contributed by atoms with van der Waals surface area (Å²) in [7, 11) is 0. The number of nitrogens with zero attached hydrogens (tertiary/aromatic N) is 1. The van der Waals surface area contributed by atoms with E-state index in [1.165, 1.54) is 0 Å². The zero-order chi connectivity index (χ0) is 12.1. The fourth-order valence-electron chi connectivity index (χ4n) is 1.38. The topological polar surface area (TPSA) is 48.8 Å². The Bertz CT molecular complexity index is 356. The molecule has 0 amide bonds. The van der Waals surface area contributed by atoms with Crippen molar-refractivity contribution in [2.24, 2.45) is 11.8 Å². The monoisotopic (exact) mass is 219 g/mol. The molecule has 0 spiro atoms. The highest BCUT2D eigenvalue weighted by Gasteiger charge is 2.11. The first-order valence-corrected chi connectivity index (χ1v) is 5.80. The Balaban J connectivity index is 2.87. The first-order valence-electron chi connectivity index (χ1n) is 5.80. The molecule has 0 bridgehead atoms. The summed E-state index contributed by atoms with van der Waals surface area (Å²) in [5, 5.41) is 11.3. The molecule has 0 aromatic carbocycles. The second-order valence-corrected chi connectivity index (χ2v) is 4.74. The molecule has 0 saturated carbocycles. The minimum Gasteiger partial charge on any atom is -0.369 e. The third-order valence-electron chi connectivity index (χ3n) is 2.35. The van der Waals surface area contributed by atoms with E-state index in [0.29, 0.717) is 11.6 Å². The van der Waals surface area contributed by atoms with Crippen LogP contribution in [-0.4, -0.2) is 17.2 Å². The van der Waals surface area contributed by atoms with Crippen LogP contribution in [0.4, 0.5) is 5.82 Å². The van der Waals surface area contributed by atoms with E-state index in [1.807, 2.05) is 26.0 Å². The molecule has 3 nitrogen and oxygen atoms in total. The summed E-state index contributed by atoms with van der Waals surface area (Å²) in [5.41, 5.74) is 1.55. The van der Waals surface area contributed by atoms with Crippen molar-refractivity contribution in [2.45, 2.75) is 27.7 Å². The molecule has 0 aliphatic heterocycles. The molecular formula is C13H21N3. The van der Waals surface area contributed by atoms with Crippen molar-refractivity contribution < 1.29 is 0 Å². The quantitative estimate of drug-likeness (QED) is 0.747. The lowest BCUT2D eigenvalue weighted by Gasteiger charge is -2.14. The van der Waals surface area contributed by atoms with Gasteiger partial charge >= 0.3 is 0 Å². The van der Waals surface area contributed by atoms with Gasteiger partial charge in [-0.3, -0.25) is 0 Å². The number of rotatable bonds is 5. The van der Waals surface area contributed by atoms with Gasteiger partial charge in [-0.15, -0.1) is 0 Å². The zero-order valence-corrected chi connectivity index (χ0v) is 10.5. The van der Waals surface area contributed by atoms with Crippen molar-refractivity contribution in [1.29, 1.82) is 5.41 Å². The second kappa shape index (κ2) is 5.64. The Kier molecular flexibility index (Phi) is 4.47. The van der Waals surface area contributed by atoms with Gasteiger partial charge in [0.25, 0.3) is 0 Å². The molecule has 1 rings (SSSR count). The molecule has 1 heterocycles. The number of nitrogens with one attached hydrogen (secondary N) is 2. The van der Waals surface area contributed by atoms with Crippen molar-refractivity contribution in [3.8, 4) is 0 Å². The molecule has 1 aromatic heterocycles. The molecule has 0 aliphatic rings. The maximum atomic E-state index is 8.03.